The van der Waals surface area contributed by atoms with Gasteiger partial charge in [0.15, 0.2) is 0 Å². The van der Waals surface area contributed by atoms with E-state index in [0.717, 1.165) is 84.1 Å². The van der Waals surface area contributed by atoms with Gasteiger partial charge in [0.1, 0.15) is 11.2 Å². The molecule has 1 aliphatic rings. The highest BCUT2D eigenvalue weighted by atomic mass is 35.5. The zero-order chi connectivity index (χ0) is 61.2. The van der Waals surface area contributed by atoms with Crippen LogP contribution in [-0.4, -0.2) is 9.13 Å². The fourth-order valence-electron chi connectivity index (χ4n) is 13.4. The molecule has 436 valence electrons. The molecule has 14 rings (SSSR count). The van der Waals surface area contributed by atoms with Crippen LogP contribution in [0.2, 0.25) is 5.02 Å². The molecule has 0 bridgehead atoms. The average molecular weight is 1160 g/mol. The van der Waals surface area contributed by atoms with Crippen molar-refractivity contribution in [3.8, 4) is 22.5 Å². The van der Waals surface area contributed by atoms with Crippen molar-refractivity contribution in [1.82, 2.24) is 9.13 Å². The molecule has 4 heterocycles. The summed E-state index contributed by atoms with van der Waals surface area (Å²) < 4.78 is 11.6. The van der Waals surface area contributed by atoms with Crippen molar-refractivity contribution in [3.05, 3.63) is 226 Å². The van der Waals surface area contributed by atoms with Crippen LogP contribution in [0.1, 0.15) is 137 Å². The van der Waals surface area contributed by atoms with Crippen molar-refractivity contribution in [1.29, 1.82) is 0 Å². The first kappa shape index (κ1) is 56.3. The number of aromatic nitrogens is 2. The fourth-order valence-corrected chi connectivity index (χ4v) is 13.7. The van der Waals surface area contributed by atoms with E-state index in [1.807, 2.05) is 6.07 Å². The summed E-state index contributed by atoms with van der Waals surface area (Å²) in [6, 6.07) is 70.6. The van der Waals surface area contributed by atoms with E-state index in [2.05, 4.69) is 312 Å². The predicted molar refractivity (Wildman–Crippen MR) is 374 cm³/mol. The largest absolute Gasteiger partial charge is 0.455 e. The lowest BCUT2D eigenvalue weighted by atomic mass is 9.84. The van der Waals surface area contributed by atoms with Gasteiger partial charge in [-0.1, -0.05) is 194 Å². The van der Waals surface area contributed by atoms with Gasteiger partial charge in [0, 0.05) is 54.9 Å². The highest BCUT2D eigenvalue weighted by molar-refractivity contribution is 6.37. The summed E-state index contributed by atoms with van der Waals surface area (Å²) in [5.41, 5.74) is 23.9. The molecule has 0 radical (unpaired) electrons. The van der Waals surface area contributed by atoms with E-state index in [0.29, 0.717) is 5.02 Å². The lowest BCUT2D eigenvalue weighted by Crippen LogP contribution is -2.22. The second kappa shape index (κ2) is 19.5. The van der Waals surface area contributed by atoms with Gasteiger partial charge in [-0.2, -0.15) is 0 Å². The monoisotopic (exact) mass is 1160 g/mol. The van der Waals surface area contributed by atoms with Gasteiger partial charge in [-0.25, -0.2) is 0 Å². The first-order valence-electron chi connectivity index (χ1n) is 31.0. The Hall–Kier alpha value is -8.51. The van der Waals surface area contributed by atoms with Crippen molar-refractivity contribution in [3.63, 3.8) is 0 Å². The number of halogens is 1. The van der Waals surface area contributed by atoms with Crippen LogP contribution in [0, 0.1) is 6.92 Å². The summed E-state index contributed by atoms with van der Waals surface area (Å²) in [5.74, 6) is 0. The highest BCUT2D eigenvalue weighted by Crippen LogP contribution is 2.56. The third kappa shape index (κ3) is 9.25. The molecule has 0 aliphatic carbocycles. The molecule has 0 N–H and O–H groups in total. The number of rotatable bonds is 6. The Morgan fingerprint density at radius 1 is 0.379 bits per heavy atom. The molecule has 10 aromatic carbocycles. The zero-order valence-corrected chi connectivity index (χ0v) is 54.2. The van der Waals surface area contributed by atoms with Crippen molar-refractivity contribution in [2.45, 2.75) is 138 Å². The van der Waals surface area contributed by atoms with Crippen LogP contribution < -0.4 is 9.80 Å². The second-order valence-corrected chi connectivity index (χ2v) is 30.2. The van der Waals surface area contributed by atoms with Crippen LogP contribution in [0.5, 0.6) is 0 Å². The number of hydrogen-bond acceptors (Lipinski definition) is 3. The van der Waals surface area contributed by atoms with E-state index in [1.165, 1.54) is 71.4 Å². The second-order valence-electron chi connectivity index (χ2n) is 29.8. The van der Waals surface area contributed by atoms with Crippen molar-refractivity contribution in [2.75, 3.05) is 9.80 Å². The number of furan rings is 1. The molecule has 0 amide bonds. The quantitative estimate of drug-likeness (QED) is 0.166. The minimum atomic E-state index is -0.158. The van der Waals surface area contributed by atoms with E-state index in [9.17, 15) is 0 Å². The lowest BCUT2D eigenvalue weighted by molar-refractivity contribution is 0.589. The molecule has 5 nitrogen and oxygen atoms in total. The molecule has 6 heteroatoms. The summed E-state index contributed by atoms with van der Waals surface area (Å²) in [6.45, 7) is 36.9. The molecular formula is C81H79ClN4O. The summed E-state index contributed by atoms with van der Waals surface area (Å²) >= 11 is 8.44. The number of hydrogen-bond donors (Lipinski definition) is 0. The van der Waals surface area contributed by atoms with Gasteiger partial charge >= 0.3 is 0 Å². The van der Waals surface area contributed by atoms with Crippen LogP contribution in [0.25, 0.3) is 88.1 Å². The molecule has 0 fully saturated rings. The van der Waals surface area contributed by atoms with Crippen LogP contribution in [0.4, 0.5) is 34.1 Å². The Labute approximate surface area is 518 Å². The predicted octanol–water partition coefficient (Wildman–Crippen LogP) is 24.1. The van der Waals surface area contributed by atoms with Gasteiger partial charge in [-0.3, -0.25) is 0 Å². The molecule has 1 aliphatic heterocycles. The summed E-state index contributed by atoms with van der Waals surface area (Å²) in [6.07, 6.45) is 0. The zero-order valence-electron chi connectivity index (χ0n) is 53.5. The normalized spacial score (nSPS) is 13.3. The van der Waals surface area contributed by atoms with Gasteiger partial charge in [0.25, 0.3) is 0 Å². The third-order valence-electron chi connectivity index (χ3n) is 18.5. The van der Waals surface area contributed by atoms with Crippen LogP contribution in [0.3, 0.4) is 0 Å². The molecule has 3 aromatic heterocycles. The molecule has 0 spiro atoms. The van der Waals surface area contributed by atoms with Gasteiger partial charge in [-0.05, 0) is 182 Å². The number of benzene rings is 10. The van der Waals surface area contributed by atoms with E-state index in [4.69, 9.17) is 16.0 Å². The minimum absolute atomic E-state index is 0.0215. The average Bonchev–Trinajstić information content (AvgIpc) is 1.62. The van der Waals surface area contributed by atoms with E-state index < -0.39 is 0 Å². The standard InChI is InChI=1S/C81H79ClN4O/c1-48-39-70(74(82)71(40-48)85-68-38-32-53(80(11,12)13)45-69(68)86-67-37-31-52(79(8,9)10)43-63(67)64-44-54(81(14,15)16)46-72(85)75(64)86)83(55-33-27-49(28-34-55)58-24-20-25-60-59-23-17-18-26-73(59)87-76(58)60)56-21-19-22-57(47-56)84-65-35-29-50(77(2,3)4)41-61(65)62-42-51(78(5,6)7)30-36-66(62)84/h17-47H,1-16H3. The molecule has 0 unspecified atom stereocenters. The first-order valence-corrected chi connectivity index (χ1v) is 31.4. The third-order valence-corrected chi connectivity index (χ3v) is 18.9. The Balaban J connectivity index is 1.02. The molecule has 0 atom stereocenters. The molecular weight excluding hydrogens is 1080 g/mol. The summed E-state index contributed by atoms with van der Waals surface area (Å²) in [4.78, 5) is 4.85. The SMILES string of the molecule is Cc1cc(N(c2ccc(-c3cccc4c3oc3ccccc34)cc2)c2cccc(-n3c4ccc(C(C)(C)C)cc4c4cc(C(C)(C)C)ccc43)c2)c(Cl)c(N2c3ccc(C(C)(C)C)cc3-n3c4ccc(C(C)(C)C)cc4c4cc(C(C)(C)C)cc2c43)c1. The molecule has 0 saturated heterocycles. The highest BCUT2D eigenvalue weighted by Gasteiger charge is 2.35. The fraction of sp³-hybridized carbons (Fsp3) is 0.259. The number of para-hydroxylation sites is 2. The maximum absolute atomic E-state index is 8.44. The van der Waals surface area contributed by atoms with Crippen LogP contribution >= 0.6 is 11.6 Å². The molecule has 87 heavy (non-hydrogen) atoms. The van der Waals surface area contributed by atoms with Gasteiger partial charge in [0.05, 0.1) is 55.5 Å². The minimum Gasteiger partial charge on any atom is -0.455 e. The lowest BCUT2D eigenvalue weighted by Gasteiger charge is -2.37. The Bertz CT molecular complexity index is 4900. The van der Waals surface area contributed by atoms with Gasteiger partial charge in [0.2, 0.25) is 0 Å². The maximum atomic E-state index is 8.44. The smallest absolute Gasteiger partial charge is 0.143 e. The number of nitrogens with zero attached hydrogens (tertiary/aromatic N) is 4. The van der Waals surface area contributed by atoms with Gasteiger partial charge < -0.3 is 23.4 Å². The van der Waals surface area contributed by atoms with Crippen LogP contribution in [-0.2, 0) is 27.1 Å². The molecule has 13 aromatic rings. The van der Waals surface area contributed by atoms with Crippen LogP contribution in [0.15, 0.2) is 192 Å². The maximum Gasteiger partial charge on any atom is 0.143 e. The summed E-state index contributed by atoms with van der Waals surface area (Å²) in [5, 5.41) is 7.86. The number of aryl methyl sites for hydroxylation is 1. The topological polar surface area (TPSA) is 29.5 Å². The van der Waals surface area contributed by atoms with Crippen molar-refractivity contribution < 1.29 is 4.42 Å². The first-order chi connectivity index (χ1) is 41.1. The summed E-state index contributed by atoms with van der Waals surface area (Å²) in [7, 11) is 0. The van der Waals surface area contributed by atoms with E-state index in [1.54, 1.807) is 0 Å². The Morgan fingerprint density at radius 2 is 0.897 bits per heavy atom. The van der Waals surface area contributed by atoms with E-state index >= 15 is 0 Å². The Kier molecular flexibility index (Phi) is 12.6. The number of fused-ring (bicyclic) bond motifs is 11. The van der Waals surface area contributed by atoms with Crippen molar-refractivity contribution >= 4 is 111 Å². The van der Waals surface area contributed by atoms with E-state index in [-0.39, 0.29) is 27.1 Å². The number of anilines is 6. The Morgan fingerprint density at radius 3 is 1.51 bits per heavy atom. The van der Waals surface area contributed by atoms with Crippen molar-refractivity contribution in [2.24, 2.45) is 0 Å². The molecule has 0 saturated carbocycles. The van der Waals surface area contributed by atoms with Gasteiger partial charge in [-0.15, -0.1) is 0 Å².